The van der Waals surface area contributed by atoms with E-state index in [1.165, 1.54) is 16.7 Å². The highest BCUT2D eigenvalue weighted by Gasteiger charge is 2.02. The predicted molar refractivity (Wildman–Crippen MR) is 63.0 cm³/mol. The molecule has 0 fully saturated rings. The summed E-state index contributed by atoms with van der Waals surface area (Å²) in [7, 11) is 0. The first kappa shape index (κ1) is 10.9. The van der Waals surface area contributed by atoms with Crippen molar-refractivity contribution >= 4 is 0 Å². The van der Waals surface area contributed by atoms with Gasteiger partial charge < -0.3 is 9.84 Å². The zero-order chi connectivity index (χ0) is 11.4. The molecule has 1 aromatic heterocycles. The van der Waals surface area contributed by atoms with E-state index < -0.39 is 0 Å². The average molecular weight is 216 g/mol. The third-order valence-electron chi connectivity index (χ3n) is 2.74. The van der Waals surface area contributed by atoms with E-state index in [0.29, 0.717) is 0 Å². The van der Waals surface area contributed by atoms with Gasteiger partial charge in [0.05, 0.1) is 5.69 Å². The number of hydrogen-bond acceptors (Lipinski definition) is 3. The second-order valence-electron chi connectivity index (χ2n) is 3.96. The van der Waals surface area contributed by atoms with E-state index in [1.54, 1.807) is 6.26 Å². The number of hydrogen-bond donors (Lipinski definition) is 1. The molecule has 2 aromatic rings. The zero-order valence-electron chi connectivity index (χ0n) is 9.66. The van der Waals surface area contributed by atoms with Gasteiger partial charge in [0.1, 0.15) is 6.26 Å². The lowest BCUT2D eigenvalue weighted by molar-refractivity contribution is 0.408. The van der Waals surface area contributed by atoms with Crippen molar-refractivity contribution in [3.05, 3.63) is 52.9 Å². The molecule has 0 aliphatic rings. The van der Waals surface area contributed by atoms with Crippen LogP contribution in [0.2, 0.25) is 0 Å². The van der Waals surface area contributed by atoms with Crippen LogP contribution in [-0.2, 0) is 13.1 Å². The third-order valence-corrected chi connectivity index (χ3v) is 2.74. The third kappa shape index (κ3) is 2.49. The fourth-order valence-electron chi connectivity index (χ4n) is 1.77. The van der Waals surface area contributed by atoms with Gasteiger partial charge in [0.25, 0.3) is 0 Å². The second-order valence-corrected chi connectivity index (χ2v) is 3.96. The Morgan fingerprint density at radius 3 is 2.50 bits per heavy atom. The van der Waals surface area contributed by atoms with E-state index >= 15 is 0 Å². The van der Waals surface area contributed by atoms with Crippen molar-refractivity contribution in [1.82, 2.24) is 10.5 Å². The first-order valence-electron chi connectivity index (χ1n) is 5.42. The quantitative estimate of drug-likeness (QED) is 0.853. The topological polar surface area (TPSA) is 38.1 Å². The maximum absolute atomic E-state index is 4.77. The van der Waals surface area contributed by atoms with Gasteiger partial charge in [-0.2, -0.15) is 0 Å². The molecule has 2 rings (SSSR count). The van der Waals surface area contributed by atoms with Crippen molar-refractivity contribution in [3.63, 3.8) is 0 Å². The molecule has 0 saturated heterocycles. The molecule has 0 spiro atoms. The van der Waals surface area contributed by atoms with Gasteiger partial charge in [-0.3, -0.25) is 0 Å². The molecule has 0 unspecified atom stereocenters. The molecule has 0 saturated carbocycles. The van der Waals surface area contributed by atoms with Crippen LogP contribution >= 0.6 is 0 Å². The van der Waals surface area contributed by atoms with Crippen molar-refractivity contribution in [2.24, 2.45) is 0 Å². The number of nitrogens with zero attached hydrogens (tertiary/aromatic N) is 1. The van der Waals surface area contributed by atoms with Crippen LogP contribution in [0.15, 0.2) is 35.1 Å². The monoisotopic (exact) mass is 216 g/mol. The van der Waals surface area contributed by atoms with Gasteiger partial charge in [-0.1, -0.05) is 23.4 Å². The largest absolute Gasteiger partial charge is 0.364 e. The Labute approximate surface area is 95.5 Å². The van der Waals surface area contributed by atoms with Crippen molar-refractivity contribution < 1.29 is 4.52 Å². The summed E-state index contributed by atoms with van der Waals surface area (Å²) in [5.74, 6) is 0. The van der Waals surface area contributed by atoms with Crippen LogP contribution in [0.25, 0.3) is 0 Å². The Balaban J connectivity index is 1.95. The van der Waals surface area contributed by atoms with Crippen molar-refractivity contribution in [1.29, 1.82) is 0 Å². The van der Waals surface area contributed by atoms with Gasteiger partial charge in [0.15, 0.2) is 0 Å². The average Bonchev–Trinajstić information content (AvgIpc) is 2.75. The highest BCUT2D eigenvalue weighted by atomic mass is 16.5. The summed E-state index contributed by atoms with van der Waals surface area (Å²) in [5.41, 5.74) is 4.96. The first-order valence-corrected chi connectivity index (χ1v) is 5.42. The highest BCUT2D eigenvalue weighted by molar-refractivity contribution is 5.33. The fraction of sp³-hybridized carbons (Fsp3) is 0.308. The minimum atomic E-state index is 0.740. The van der Waals surface area contributed by atoms with Gasteiger partial charge in [0.2, 0.25) is 0 Å². The number of benzene rings is 1. The molecule has 84 valence electrons. The van der Waals surface area contributed by atoms with E-state index in [2.05, 4.69) is 42.5 Å². The molecule has 0 bridgehead atoms. The van der Waals surface area contributed by atoms with Crippen LogP contribution in [-0.4, -0.2) is 5.16 Å². The summed E-state index contributed by atoms with van der Waals surface area (Å²) in [6, 6.07) is 8.24. The van der Waals surface area contributed by atoms with Crippen LogP contribution in [0.3, 0.4) is 0 Å². The Bertz CT molecular complexity index is 429. The van der Waals surface area contributed by atoms with Crippen LogP contribution in [0.4, 0.5) is 0 Å². The summed E-state index contributed by atoms with van der Waals surface area (Å²) >= 11 is 0. The van der Waals surface area contributed by atoms with E-state index in [4.69, 9.17) is 4.52 Å². The molecule has 16 heavy (non-hydrogen) atoms. The van der Waals surface area contributed by atoms with Crippen LogP contribution < -0.4 is 5.32 Å². The normalized spacial score (nSPS) is 10.6. The lowest BCUT2D eigenvalue weighted by atomic mass is 10.0. The van der Waals surface area contributed by atoms with Gasteiger partial charge >= 0.3 is 0 Å². The molecule has 0 radical (unpaired) electrons. The molecular weight excluding hydrogens is 200 g/mol. The maximum atomic E-state index is 4.77. The molecular formula is C13H16N2O. The molecule has 1 aromatic carbocycles. The van der Waals surface area contributed by atoms with Crippen LogP contribution in [0, 0.1) is 13.8 Å². The van der Waals surface area contributed by atoms with E-state index in [9.17, 15) is 0 Å². The minimum Gasteiger partial charge on any atom is -0.364 e. The van der Waals surface area contributed by atoms with Crippen molar-refractivity contribution in [2.45, 2.75) is 26.9 Å². The van der Waals surface area contributed by atoms with Gasteiger partial charge in [-0.05, 0) is 30.5 Å². The SMILES string of the molecule is Cc1cccc(C)c1CNCc1ccon1. The molecule has 0 aliphatic carbocycles. The van der Waals surface area contributed by atoms with Crippen LogP contribution in [0.1, 0.15) is 22.4 Å². The van der Waals surface area contributed by atoms with Gasteiger partial charge in [0, 0.05) is 19.2 Å². The Hall–Kier alpha value is -1.61. The Morgan fingerprint density at radius 1 is 1.12 bits per heavy atom. The van der Waals surface area contributed by atoms with Crippen molar-refractivity contribution in [2.75, 3.05) is 0 Å². The molecule has 3 nitrogen and oxygen atoms in total. The molecule has 0 aliphatic heterocycles. The standard InChI is InChI=1S/C13H16N2O/c1-10-4-3-5-11(2)13(10)9-14-8-12-6-7-16-15-12/h3-7,14H,8-9H2,1-2H3. The molecule has 1 heterocycles. The smallest absolute Gasteiger partial charge is 0.124 e. The first-order chi connectivity index (χ1) is 7.77. The summed E-state index contributed by atoms with van der Waals surface area (Å²) in [6.45, 7) is 5.88. The fourth-order valence-corrected chi connectivity index (χ4v) is 1.77. The second kappa shape index (κ2) is 4.94. The van der Waals surface area contributed by atoms with E-state index in [0.717, 1.165) is 18.8 Å². The summed E-state index contributed by atoms with van der Waals surface area (Å²) in [4.78, 5) is 0. The Kier molecular flexibility index (Phi) is 3.37. The number of aryl methyl sites for hydroxylation is 2. The summed E-state index contributed by atoms with van der Waals surface area (Å²) in [6.07, 6.45) is 1.59. The van der Waals surface area contributed by atoms with Gasteiger partial charge in [-0.15, -0.1) is 0 Å². The van der Waals surface area contributed by atoms with E-state index in [1.807, 2.05) is 6.07 Å². The summed E-state index contributed by atoms with van der Waals surface area (Å²) in [5, 5.41) is 7.22. The van der Waals surface area contributed by atoms with E-state index in [-0.39, 0.29) is 0 Å². The molecule has 0 amide bonds. The lowest BCUT2D eigenvalue weighted by Crippen LogP contribution is -2.14. The minimum absolute atomic E-state index is 0.740. The lowest BCUT2D eigenvalue weighted by Gasteiger charge is -2.09. The van der Waals surface area contributed by atoms with Crippen LogP contribution in [0.5, 0.6) is 0 Å². The molecule has 3 heteroatoms. The number of aromatic nitrogens is 1. The molecule has 1 N–H and O–H groups in total. The highest BCUT2D eigenvalue weighted by Crippen LogP contribution is 2.12. The number of rotatable bonds is 4. The maximum Gasteiger partial charge on any atom is 0.124 e. The number of nitrogens with one attached hydrogen (secondary N) is 1. The van der Waals surface area contributed by atoms with Crippen molar-refractivity contribution in [3.8, 4) is 0 Å². The Morgan fingerprint density at radius 2 is 1.88 bits per heavy atom. The molecule has 0 atom stereocenters. The zero-order valence-corrected chi connectivity index (χ0v) is 9.66. The van der Waals surface area contributed by atoms with Gasteiger partial charge in [-0.25, -0.2) is 0 Å². The summed E-state index contributed by atoms with van der Waals surface area (Å²) < 4.78 is 4.77. The predicted octanol–water partition coefficient (Wildman–Crippen LogP) is 2.58.